The standard InChI is InChI=1S/C14H21ClN4S/c1-3-19-14-13(10(2)17-19)16-12(8-15)18(14)9-11-4-6-20-7-5-11/h11H,3-9H2,1-2H3. The zero-order valence-corrected chi connectivity index (χ0v) is 13.7. The molecule has 6 heteroatoms. The number of fused-ring (bicyclic) bond motifs is 1. The van der Waals surface area contributed by atoms with Crippen LogP contribution in [0.4, 0.5) is 0 Å². The fourth-order valence-electron chi connectivity index (χ4n) is 2.97. The van der Waals surface area contributed by atoms with Crippen molar-refractivity contribution in [1.29, 1.82) is 0 Å². The zero-order valence-electron chi connectivity index (χ0n) is 12.1. The summed E-state index contributed by atoms with van der Waals surface area (Å²) in [7, 11) is 0. The highest BCUT2D eigenvalue weighted by Gasteiger charge is 2.21. The number of hydrogen-bond donors (Lipinski definition) is 0. The summed E-state index contributed by atoms with van der Waals surface area (Å²) in [5, 5.41) is 4.58. The van der Waals surface area contributed by atoms with Gasteiger partial charge in [0.1, 0.15) is 11.3 Å². The van der Waals surface area contributed by atoms with Gasteiger partial charge in [-0.1, -0.05) is 0 Å². The minimum Gasteiger partial charge on any atom is -0.312 e. The number of aryl methyl sites for hydroxylation is 2. The average molecular weight is 313 g/mol. The van der Waals surface area contributed by atoms with E-state index in [0.29, 0.717) is 5.88 Å². The molecule has 0 aromatic carbocycles. The van der Waals surface area contributed by atoms with Gasteiger partial charge in [-0.25, -0.2) is 9.67 Å². The van der Waals surface area contributed by atoms with Crippen molar-refractivity contribution in [3.05, 3.63) is 11.5 Å². The Bertz CT molecular complexity index is 598. The van der Waals surface area contributed by atoms with E-state index in [2.05, 4.69) is 33.0 Å². The number of nitrogens with zero attached hydrogens (tertiary/aromatic N) is 4. The summed E-state index contributed by atoms with van der Waals surface area (Å²) in [5.74, 6) is 4.77. The quantitative estimate of drug-likeness (QED) is 0.811. The first-order chi connectivity index (χ1) is 9.74. The van der Waals surface area contributed by atoms with E-state index >= 15 is 0 Å². The van der Waals surface area contributed by atoms with Crippen LogP contribution >= 0.6 is 23.4 Å². The second kappa shape index (κ2) is 5.98. The topological polar surface area (TPSA) is 35.6 Å². The van der Waals surface area contributed by atoms with Crippen molar-refractivity contribution in [2.45, 2.75) is 45.7 Å². The van der Waals surface area contributed by atoms with Gasteiger partial charge in [-0.2, -0.15) is 16.9 Å². The molecule has 1 aliphatic rings. The second-order valence-electron chi connectivity index (χ2n) is 5.40. The lowest BCUT2D eigenvalue weighted by Gasteiger charge is -2.22. The molecule has 0 bridgehead atoms. The predicted octanol–water partition coefficient (Wildman–Crippen LogP) is 3.44. The fraction of sp³-hybridized carbons (Fsp3) is 0.714. The molecule has 1 saturated heterocycles. The number of thioether (sulfide) groups is 1. The maximum Gasteiger partial charge on any atom is 0.158 e. The van der Waals surface area contributed by atoms with E-state index in [1.807, 2.05) is 6.92 Å². The van der Waals surface area contributed by atoms with Crippen LogP contribution in [0.25, 0.3) is 11.2 Å². The molecular formula is C14H21ClN4S. The second-order valence-corrected chi connectivity index (χ2v) is 6.89. The molecule has 0 radical (unpaired) electrons. The molecule has 0 spiro atoms. The molecule has 1 aliphatic heterocycles. The molecule has 2 aromatic heterocycles. The first-order valence-corrected chi connectivity index (χ1v) is 8.99. The molecular weight excluding hydrogens is 292 g/mol. The van der Waals surface area contributed by atoms with E-state index in [4.69, 9.17) is 16.6 Å². The molecule has 0 atom stereocenters. The maximum absolute atomic E-state index is 6.11. The van der Waals surface area contributed by atoms with Crippen LogP contribution in [0, 0.1) is 12.8 Å². The van der Waals surface area contributed by atoms with E-state index in [9.17, 15) is 0 Å². The van der Waals surface area contributed by atoms with Gasteiger partial charge in [0.2, 0.25) is 0 Å². The van der Waals surface area contributed by atoms with E-state index in [-0.39, 0.29) is 0 Å². The molecule has 1 fully saturated rings. The third-order valence-corrected chi connectivity index (χ3v) is 5.37. The van der Waals surface area contributed by atoms with Crippen LogP contribution in [0.2, 0.25) is 0 Å². The molecule has 0 amide bonds. The lowest BCUT2D eigenvalue weighted by Crippen LogP contribution is -2.19. The molecule has 110 valence electrons. The summed E-state index contributed by atoms with van der Waals surface area (Å²) in [6, 6.07) is 0. The number of hydrogen-bond acceptors (Lipinski definition) is 3. The number of alkyl halides is 1. The third-order valence-electron chi connectivity index (χ3n) is 4.08. The molecule has 4 nitrogen and oxygen atoms in total. The van der Waals surface area contributed by atoms with Crippen LogP contribution in [0.5, 0.6) is 0 Å². The Balaban J connectivity index is 2.02. The molecule has 0 aliphatic carbocycles. The van der Waals surface area contributed by atoms with Gasteiger partial charge in [0.15, 0.2) is 5.65 Å². The Hall–Kier alpha value is -0.680. The van der Waals surface area contributed by atoms with Crippen LogP contribution in [0.15, 0.2) is 0 Å². The highest BCUT2D eigenvalue weighted by molar-refractivity contribution is 7.99. The molecule has 2 aromatic rings. The Morgan fingerprint density at radius 2 is 2.10 bits per heavy atom. The molecule has 3 rings (SSSR count). The van der Waals surface area contributed by atoms with Crippen LogP contribution in [0.1, 0.15) is 31.3 Å². The molecule has 20 heavy (non-hydrogen) atoms. The van der Waals surface area contributed by atoms with Gasteiger partial charge < -0.3 is 4.57 Å². The van der Waals surface area contributed by atoms with Crippen molar-refractivity contribution in [1.82, 2.24) is 19.3 Å². The normalized spacial score (nSPS) is 17.1. The SMILES string of the molecule is CCn1nc(C)c2nc(CCl)n(CC3CCSCC3)c21. The summed E-state index contributed by atoms with van der Waals surface area (Å²) < 4.78 is 4.37. The predicted molar refractivity (Wildman–Crippen MR) is 85.5 cm³/mol. The number of rotatable bonds is 4. The Morgan fingerprint density at radius 3 is 2.75 bits per heavy atom. The minimum atomic E-state index is 0.472. The van der Waals surface area contributed by atoms with E-state index in [1.165, 1.54) is 24.3 Å². The van der Waals surface area contributed by atoms with Gasteiger partial charge in [-0.15, -0.1) is 11.6 Å². The summed E-state index contributed by atoms with van der Waals surface area (Å²) in [4.78, 5) is 4.71. The highest BCUT2D eigenvalue weighted by Crippen LogP contribution is 2.28. The van der Waals surface area contributed by atoms with Gasteiger partial charge in [-0.3, -0.25) is 0 Å². The van der Waals surface area contributed by atoms with E-state index < -0.39 is 0 Å². The molecule has 3 heterocycles. The first-order valence-electron chi connectivity index (χ1n) is 7.30. The van der Waals surface area contributed by atoms with Crippen molar-refractivity contribution in [2.75, 3.05) is 11.5 Å². The Kier molecular flexibility index (Phi) is 4.26. The summed E-state index contributed by atoms with van der Waals surface area (Å²) in [6.07, 6.45) is 2.59. The van der Waals surface area contributed by atoms with Crippen LogP contribution in [0.3, 0.4) is 0 Å². The van der Waals surface area contributed by atoms with Crippen molar-refractivity contribution < 1.29 is 0 Å². The lowest BCUT2D eigenvalue weighted by molar-refractivity contribution is 0.412. The van der Waals surface area contributed by atoms with Crippen LogP contribution in [-0.2, 0) is 19.0 Å². The maximum atomic E-state index is 6.11. The van der Waals surface area contributed by atoms with Crippen LogP contribution < -0.4 is 0 Å². The summed E-state index contributed by atoms with van der Waals surface area (Å²) in [6.45, 7) is 6.06. The molecule has 0 N–H and O–H groups in total. The van der Waals surface area contributed by atoms with E-state index in [1.54, 1.807) is 0 Å². The number of imidazole rings is 1. The van der Waals surface area contributed by atoms with E-state index in [0.717, 1.165) is 41.7 Å². The van der Waals surface area contributed by atoms with Gasteiger partial charge >= 0.3 is 0 Å². The Labute approximate surface area is 128 Å². The van der Waals surface area contributed by atoms with Crippen molar-refractivity contribution in [3.8, 4) is 0 Å². The average Bonchev–Trinajstić information content (AvgIpc) is 2.99. The molecule has 0 unspecified atom stereocenters. The number of aromatic nitrogens is 4. The highest BCUT2D eigenvalue weighted by atomic mass is 35.5. The largest absolute Gasteiger partial charge is 0.312 e. The van der Waals surface area contributed by atoms with Gasteiger partial charge in [0, 0.05) is 13.1 Å². The summed E-state index contributed by atoms with van der Waals surface area (Å²) in [5.41, 5.74) is 3.18. The van der Waals surface area contributed by atoms with Gasteiger partial charge in [-0.05, 0) is 44.1 Å². The monoisotopic (exact) mass is 312 g/mol. The third kappa shape index (κ3) is 2.46. The van der Waals surface area contributed by atoms with Crippen LogP contribution in [-0.4, -0.2) is 30.8 Å². The zero-order chi connectivity index (χ0) is 14.1. The minimum absolute atomic E-state index is 0.472. The lowest BCUT2D eigenvalue weighted by atomic mass is 10.0. The van der Waals surface area contributed by atoms with Crippen molar-refractivity contribution in [3.63, 3.8) is 0 Å². The molecule has 0 saturated carbocycles. The van der Waals surface area contributed by atoms with Gasteiger partial charge in [0.05, 0.1) is 11.6 Å². The fourth-order valence-corrected chi connectivity index (χ4v) is 4.38. The first kappa shape index (κ1) is 14.3. The Morgan fingerprint density at radius 1 is 1.35 bits per heavy atom. The number of halogens is 1. The van der Waals surface area contributed by atoms with Crippen molar-refractivity contribution in [2.24, 2.45) is 5.92 Å². The van der Waals surface area contributed by atoms with Gasteiger partial charge in [0.25, 0.3) is 0 Å². The van der Waals surface area contributed by atoms with Crippen molar-refractivity contribution >= 4 is 34.5 Å². The summed E-state index contributed by atoms with van der Waals surface area (Å²) >= 11 is 8.18. The smallest absolute Gasteiger partial charge is 0.158 e.